The maximum absolute atomic E-state index is 12.2. The third-order valence-corrected chi connectivity index (χ3v) is 4.28. The Morgan fingerprint density at radius 1 is 1.20 bits per heavy atom. The minimum Gasteiger partial charge on any atom is -0.508 e. The summed E-state index contributed by atoms with van der Waals surface area (Å²) in [6, 6.07) is 16.7. The van der Waals surface area contributed by atoms with Crippen LogP contribution in [0.15, 0.2) is 54.6 Å². The average Bonchev–Trinajstić information content (AvgIpc) is 2.85. The number of amides is 1. The maximum atomic E-state index is 12.2. The molecule has 1 saturated heterocycles. The first-order valence-electron chi connectivity index (χ1n) is 8.66. The molecule has 1 fully saturated rings. The van der Waals surface area contributed by atoms with Gasteiger partial charge < -0.3 is 15.2 Å². The molecule has 2 aromatic carbocycles. The Balaban J connectivity index is 1.53. The highest BCUT2D eigenvalue weighted by Gasteiger charge is 2.19. The zero-order valence-corrected chi connectivity index (χ0v) is 14.2. The summed E-state index contributed by atoms with van der Waals surface area (Å²) in [6.45, 7) is 3.83. The molecule has 1 heterocycles. The SMILES string of the molecule is O=C(NC[C@H]1CN(Cc2ccccc2)CCCO1)c1cccc(O)c1. The lowest BCUT2D eigenvalue weighted by Gasteiger charge is -2.24. The van der Waals surface area contributed by atoms with Crippen LogP contribution in [0.5, 0.6) is 5.75 Å². The molecule has 0 unspecified atom stereocenters. The quantitative estimate of drug-likeness (QED) is 0.877. The number of carbonyl (C=O) groups excluding carboxylic acids is 1. The molecule has 0 aliphatic carbocycles. The smallest absolute Gasteiger partial charge is 0.251 e. The van der Waals surface area contributed by atoms with E-state index in [2.05, 4.69) is 34.5 Å². The van der Waals surface area contributed by atoms with Crippen molar-refractivity contribution in [1.29, 1.82) is 0 Å². The van der Waals surface area contributed by atoms with Crippen LogP contribution in [0.1, 0.15) is 22.3 Å². The first kappa shape index (κ1) is 17.5. The highest BCUT2D eigenvalue weighted by Crippen LogP contribution is 2.12. The van der Waals surface area contributed by atoms with Crippen LogP contribution in [-0.2, 0) is 11.3 Å². The molecule has 25 heavy (non-hydrogen) atoms. The van der Waals surface area contributed by atoms with Crippen molar-refractivity contribution in [3.63, 3.8) is 0 Å². The first-order valence-corrected chi connectivity index (χ1v) is 8.66. The number of benzene rings is 2. The summed E-state index contributed by atoms with van der Waals surface area (Å²) in [7, 11) is 0. The van der Waals surface area contributed by atoms with Crippen molar-refractivity contribution >= 4 is 5.91 Å². The molecule has 1 aliphatic rings. The summed E-state index contributed by atoms with van der Waals surface area (Å²) >= 11 is 0. The Morgan fingerprint density at radius 3 is 2.84 bits per heavy atom. The molecule has 1 atom stereocenters. The van der Waals surface area contributed by atoms with E-state index in [0.29, 0.717) is 18.7 Å². The van der Waals surface area contributed by atoms with Gasteiger partial charge in [0.05, 0.1) is 6.10 Å². The molecule has 5 heteroatoms. The second kappa shape index (κ2) is 8.65. The van der Waals surface area contributed by atoms with Gasteiger partial charge in [-0.05, 0) is 30.2 Å². The second-order valence-electron chi connectivity index (χ2n) is 6.33. The fourth-order valence-electron chi connectivity index (χ4n) is 3.03. The Bertz CT molecular complexity index is 690. The molecule has 0 bridgehead atoms. The molecular weight excluding hydrogens is 316 g/mol. The molecule has 1 amide bonds. The highest BCUT2D eigenvalue weighted by molar-refractivity contribution is 5.94. The number of phenols is 1. The molecule has 2 aromatic rings. The first-order chi connectivity index (χ1) is 12.2. The fraction of sp³-hybridized carbons (Fsp3) is 0.350. The van der Waals surface area contributed by atoms with Crippen molar-refractivity contribution in [3.8, 4) is 5.75 Å². The molecule has 132 valence electrons. The lowest BCUT2D eigenvalue weighted by molar-refractivity contribution is 0.0510. The topological polar surface area (TPSA) is 61.8 Å². The third-order valence-electron chi connectivity index (χ3n) is 4.28. The van der Waals surface area contributed by atoms with E-state index in [1.54, 1.807) is 18.2 Å². The number of aromatic hydroxyl groups is 1. The molecule has 1 aliphatic heterocycles. The van der Waals surface area contributed by atoms with Gasteiger partial charge in [-0.25, -0.2) is 0 Å². The van der Waals surface area contributed by atoms with Crippen LogP contribution in [0.2, 0.25) is 0 Å². The van der Waals surface area contributed by atoms with Crippen LogP contribution >= 0.6 is 0 Å². The van der Waals surface area contributed by atoms with Gasteiger partial charge in [0.25, 0.3) is 5.91 Å². The minimum absolute atomic E-state index is 0.0347. The second-order valence-corrected chi connectivity index (χ2v) is 6.33. The van der Waals surface area contributed by atoms with Gasteiger partial charge >= 0.3 is 0 Å². The predicted octanol–water partition coefficient (Wildman–Crippen LogP) is 2.41. The number of ether oxygens (including phenoxy) is 1. The predicted molar refractivity (Wildman–Crippen MR) is 96.5 cm³/mol. The van der Waals surface area contributed by atoms with Gasteiger partial charge in [0, 0.05) is 38.3 Å². The maximum Gasteiger partial charge on any atom is 0.251 e. The summed E-state index contributed by atoms with van der Waals surface area (Å²) in [5.41, 5.74) is 1.74. The van der Waals surface area contributed by atoms with Crippen LogP contribution < -0.4 is 5.32 Å². The van der Waals surface area contributed by atoms with Crippen LogP contribution in [-0.4, -0.2) is 48.3 Å². The number of hydrogen-bond donors (Lipinski definition) is 2. The van der Waals surface area contributed by atoms with Gasteiger partial charge in [-0.2, -0.15) is 0 Å². The van der Waals surface area contributed by atoms with Gasteiger partial charge in [-0.1, -0.05) is 36.4 Å². The van der Waals surface area contributed by atoms with E-state index < -0.39 is 0 Å². The van der Waals surface area contributed by atoms with Crippen LogP contribution in [0.3, 0.4) is 0 Å². The van der Waals surface area contributed by atoms with E-state index >= 15 is 0 Å². The molecule has 3 rings (SSSR count). The number of carbonyl (C=O) groups is 1. The lowest BCUT2D eigenvalue weighted by Crippen LogP contribution is -2.40. The molecule has 0 aromatic heterocycles. The van der Waals surface area contributed by atoms with Gasteiger partial charge in [-0.3, -0.25) is 9.69 Å². The third kappa shape index (κ3) is 5.31. The largest absolute Gasteiger partial charge is 0.508 e. The van der Waals surface area contributed by atoms with Crippen molar-refractivity contribution in [2.24, 2.45) is 0 Å². The number of hydrogen-bond acceptors (Lipinski definition) is 4. The van der Waals surface area contributed by atoms with Gasteiger partial charge in [0.15, 0.2) is 0 Å². The molecule has 0 spiro atoms. The van der Waals surface area contributed by atoms with Crippen molar-refractivity contribution < 1.29 is 14.6 Å². The van der Waals surface area contributed by atoms with E-state index in [1.165, 1.54) is 11.6 Å². The molecule has 0 saturated carbocycles. The van der Waals surface area contributed by atoms with E-state index in [-0.39, 0.29) is 17.8 Å². The summed E-state index contributed by atoms with van der Waals surface area (Å²) in [5, 5.41) is 12.4. The van der Waals surface area contributed by atoms with Crippen LogP contribution in [0.4, 0.5) is 0 Å². The van der Waals surface area contributed by atoms with Crippen molar-refractivity contribution in [2.45, 2.75) is 19.1 Å². The van der Waals surface area contributed by atoms with E-state index in [9.17, 15) is 9.90 Å². The van der Waals surface area contributed by atoms with E-state index in [1.807, 2.05) is 6.07 Å². The molecular formula is C20H24N2O3. The summed E-state index contributed by atoms with van der Waals surface area (Å²) in [6.07, 6.45) is 0.955. The standard InChI is InChI=1S/C20H24N2O3/c23-18-9-4-8-17(12-18)20(24)21-13-19-15-22(10-5-11-25-19)14-16-6-2-1-3-7-16/h1-4,6-9,12,19,23H,5,10-11,13-15H2,(H,21,24)/t19-/m0/s1. The number of nitrogens with one attached hydrogen (secondary N) is 1. The summed E-state index contributed by atoms with van der Waals surface area (Å²) < 4.78 is 5.88. The summed E-state index contributed by atoms with van der Waals surface area (Å²) in [4.78, 5) is 14.6. The highest BCUT2D eigenvalue weighted by atomic mass is 16.5. The normalized spacial score (nSPS) is 18.5. The Kier molecular flexibility index (Phi) is 6.04. The number of rotatable bonds is 5. The monoisotopic (exact) mass is 340 g/mol. The van der Waals surface area contributed by atoms with Gasteiger partial charge in [0.1, 0.15) is 5.75 Å². The van der Waals surface area contributed by atoms with Gasteiger partial charge in [-0.15, -0.1) is 0 Å². The lowest BCUT2D eigenvalue weighted by atomic mass is 10.2. The molecule has 5 nitrogen and oxygen atoms in total. The van der Waals surface area contributed by atoms with E-state index in [0.717, 1.165) is 26.1 Å². The zero-order chi connectivity index (χ0) is 17.5. The van der Waals surface area contributed by atoms with Gasteiger partial charge in [0.2, 0.25) is 0 Å². The van der Waals surface area contributed by atoms with Crippen molar-refractivity contribution in [1.82, 2.24) is 10.2 Å². The Hall–Kier alpha value is -2.37. The van der Waals surface area contributed by atoms with Crippen molar-refractivity contribution in [3.05, 3.63) is 65.7 Å². The molecule has 2 N–H and O–H groups in total. The van der Waals surface area contributed by atoms with E-state index in [4.69, 9.17) is 4.74 Å². The molecule has 0 radical (unpaired) electrons. The Morgan fingerprint density at radius 2 is 2.04 bits per heavy atom. The van der Waals surface area contributed by atoms with Crippen molar-refractivity contribution in [2.75, 3.05) is 26.2 Å². The Labute approximate surface area is 148 Å². The summed E-state index contributed by atoms with van der Waals surface area (Å²) in [5.74, 6) is -0.106. The number of phenolic OH excluding ortho intramolecular Hbond substituents is 1. The fourth-order valence-corrected chi connectivity index (χ4v) is 3.03. The number of nitrogens with zero attached hydrogens (tertiary/aromatic N) is 1. The zero-order valence-electron chi connectivity index (χ0n) is 14.2. The van der Waals surface area contributed by atoms with Crippen LogP contribution in [0, 0.1) is 0 Å². The average molecular weight is 340 g/mol. The minimum atomic E-state index is -0.196. The van der Waals surface area contributed by atoms with Crippen LogP contribution in [0.25, 0.3) is 0 Å².